The standard InChI is InChI=1S/C35H43N5O4/c1-42-29-21-26(22-30(43-2)32(29)44-3)33(41)40-20-17-35(24-40,23-25-11-5-4-6-12-25)16-19-39-18-10-9-15-31(39)38-34-36-27-13-7-8-14-28(27)37-34/h4-8,11-14,21-22,31H,9-10,15-20,23-24H2,1-3H3,(H2,36,37,38). The lowest BCUT2D eigenvalue weighted by Gasteiger charge is -2.39. The molecule has 0 spiro atoms. The summed E-state index contributed by atoms with van der Waals surface area (Å²) in [6, 6.07) is 22.3. The number of carbonyl (C=O) groups is 1. The van der Waals surface area contributed by atoms with Gasteiger partial charge in [0.2, 0.25) is 11.7 Å². The van der Waals surface area contributed by atoms with Crippen LogP contribution < -0.4 is 19.5 Å². The van der Waals surface area contributed by atoms with Crippen LogP contribution >= 0.6 is 0 Å². The molecule has 9 nitrogen and oxygen atoms in total. The highest BCUT2D eigenvalue weighted by Crippen LogP contribution is 2.41. The third kappa shape index (κ3) is 6.33. The molecule has 2 unspecified atom stereocenters. The SMILES string of the molecule is COc1cc(C(=O)N2CCC(CCN3CCCCC3Nc3nc4ccccc4[nH]3)(Cc3ccccc3)C2)cc(OC)c1OC. The van der Waals surface area contributed by atoms with Crippen molar-refractivity contribution in [3.8, 4) is 17.2 Å². The number of rotatable bonds is 11. The molecule has 3 heterocycles. The molecule has 0 aliphatic carbocycles. The highest BCUT2D eigenvalue weighted by molar-refractivity contribution is 5.96. The number of H-pyrrole nitrogens is 1. The number of para-hydroxylation sites is 2. The van der Waals surface area contributed by atoms with Crippen molar-refractivity contribution in [2.45, 2.75) is 44.7 Å². The number of nitrogens with one attached hydrogen (secondary N) is 2. The molecule has 9 heteroatoms. The number of carbonyl (C=O) groups excluding carboxylic acids is 1. The largest absolute Gasteiger partial charge is 0.493 e. The van der Waals surface area contributed by atoms with Crippen molar-refractivity contribution in [2.24, 2.45) is 5.41 Å². The molecule has 232 valence electrons. The molecule has 44 heavy (non-hydrogen) atoms. The molecule has 2 saturated heterocycles. The van der Waals surface area contributed by atoms with Gasteiger partial charge in [-0.05, 0) is 73.8 Å². The molecule has 2 atom stereocenters. The number of benzene rings is 3. The average Bonchev–Trinajstić information content (AvgIpc) is 3.68. The Labute approximate surface area is 259 Å². The van der Waals surface area contributed by atoms with Gasteiger partial charge in [-0.1, -0.05) is 42.5 Å². The lowest BCUT2D eigenvalue weighted by molar-refractivity contribution is 0.0757. The van der Waals surface area contributed by atoms with Crippen LogP contribution in [0.4, 0.5) is 5.95 Å². The Morgan fingerprint density at radius 2 is 1.73 bits per heavy atom. The van der Waals surface area contributed by atoms with Gasteiger partial charge in [0.1, 0.15) is 0 Å². The van der Waals surface area contributed by atoms with Crippen LogP contribution in [0.15, 0.2) is 66.7 Å². The number of piperidine rings is 1. The monoisotopic (exact) mass is 597 g/mol. The summed E-state index contributed by atoms with van der Waals surface area (Å²) in [5.41, 5.74) is 3.84. The lowest BCUT2D eigenvalue weighted by atomic mass is 9.77. The van der Waals surface area contributed by atoms with Crippen LogP contribution in [-0.2, 0) is 6.42 Å². The molecule has 0 saturated carbocycles. The molecular weight excluding hydrogens is 554 g/mol. The van der Waals surface area contributed by atoms with Crippen molar-refractivity contribution in [1.82, 2.24) is 19.8 Å². The Hall–Kier alpha value is -4.24. The minimum atomic E-state index is -0.0288. The van der Waals surface area contributed by atoms with E-state index in [1.54, 1.807) is 33.5 Å². The van der Waals surface area contributed by atoms with Crippen LogP contribution in [-0.4, -0.2) is 79.3 Å². The number of aromatic nitrogens is 2. The van der Waals surface area contributed by atoms with E-state index in [2.05, 4.69) is 51.6 Å². The average molecular weight is 598 g/mol. The quantitative estimate of drug-likeness (QED) is 0.220. The summed E-state index contributed by atoms with van der Waals surface area (Å²) in [6.07, 6.45) is 6.57. The molecule has 2 aliphatic rings. The number of hydrogen-bond donors (Lipinski definition) is 2. The molecule has 0 radical (unpaired) electrons. The summed E-state index contributed by atoms with van der Waals surface area (Å²) in [4.78, 5) is 26.7. The molecule has 0 bridgehead atoms. The molecule has 1 aromatic heterocycles. The fourth-order valence-electron chi connectivity index (χ4n) is 6.94. The second-order valence-electron chi connectivity index (χ2n) is 12.1. The van der Waals surface area contributed by atoms with Gasteiger partial charge in [-0.15, -0.1) is 0 Å². The summed E-state index contributed by atoms with van der Waals surface area (Å²) in [6.45, 7) is 3.42. The molecule has 6 rings (SSSR count). The number of imidazole rings is 1. The first kappa shape index (κ1) is 29.8. The number of fused-ring (bicyclic) bond motifs is 1. The smallest absolute Gasteiger partial charge is 0.254 e. The van der Waals surface area contributed by atoms with Crippen molar-refractivity contribution < 1.29 is 19.0 Å². The zero-order chi connectivity index (χ0) is 30.5. The summed E-state index contributed by atoms with van der Waals surface area (Å²) >= 11 is 0. The van der Waals surface area contributed by atoms with Crippen molar-refractivity contribution in [2.75, 3.05) is 52.8 Å². The number of aromatic amines is 1. The van der Waals surface area contributed by atoms with Crippen LogP contribution in [0.25, 0.3) is 11.0 Å². The number of hydrogen-bond acceptors (Lipinski definition) is 7. The zero-order valence-electron chi connectivity index (χ0n) is 26.0. The van der Waals surface area contributed by atoms with Gasteiger partial charge in [0, 0.05) is 31.7 Å². The number of anilines is 1. The second kappa shape index (κ2) is 13.2. The predicted octanol–water partition coefficient (Wildman–Crippen LogP) is 5.98. The predicted molar refractivity (Wildman–Crippen MR) is 173 cm³/mol. The molecule has 2 N–H and O–H groups in total. The van der Waals surface area contributed by atoms with E-state index in [-0.39, 0.29) is 17.5 Å². The Balaban J connectivity index is 1.20. The first-order valence-electron chi connectivity index (χ1n) is 15.6. The van der Waals surface area contributed by atoms with E-state index in [0.717, 1.165) is 55.8 Å². The zero-order valence-corrected chi connectivity index (χ0v) is 26.0. The van der Waals surface area contributed by atoms with Crippen LogP contribution in [0.5, 0.6) is 17.2 Å². The summed E-state index contributed by atoms with van der Waals surface area (Å²) in [5.74, 6) is 2.27. The number of ether oxygens (including phenoxy) is 3. The molecular formula is C35H43N5O4. The normalized spacial score (nSPS) is 20.5. The van der Waals surface area contributed by atoms with Gasteiger partial charge in [0.25, 0.3) is 5.91 Å². The topological polar surface area (TPSA) is 92.0 Å². The van der Waals surface area contributed by atoms with Gasteiger partial charge >= 0.3 is 0 Å². The van der Waals surface area contributed by atoms with E-state index in [0.29, 0.717) is 35.9 Å². The van der Waals surface area contributed by atoms with Crippen molar-refractivity contribution in [1.29, 1.82) is 0 Å². The number of amides is 1. The van der Waals surface area contributed by atoms with E-state index < -0.39 is 0 Å². The fraction of sp³-hybridized carbons (Fsp3) is 0.429. The Bertz CT molecular complexity index is 1520. The summed E-state index contributed by atoms with van der Waals surface area (Å²) in [5, 5.41) is 3.70. The maximum absolute atomic E-state index is 13.9. The number of likely N-dealkylation sites (tertiary alicyclic amines) is 2. The first-order chi connectivity index (χ1) is 21.5. The minimum absolute atomic E-state index is 0.0124. The second-order valence-corrected chi connectivity index (χ2v) is 12.1. The Morgan fingerprint density at radius 1 is 0.977 bits per heavy atom. The molecule has 1 amide bonds. The van der Waals surface area contributed by atoms with E-state index >= 15 is 0 Å². The van der Waals surface area contributed by atoms with Gasteiger partial charge in [-0.2, -0.15) is 0 Å². The summed E-state index contributed by atoms with van der Waals surface area (Å²) < 4.78 is 16.5. The molecule has 4 aromatic rings. The maximum atomic E-state index is 13.9. The van der Waals surface area contributed by atoms with Gasteiger partial charge in [-0.25, -0.2) is 4.98 Å². The van der Waals surface area contributed by atoms with Crippen LogP contribution in [0.2, 0.25) is 0 Å². The third-order valence-electron chi connectivity index (χ3n) is 9.29. The van der Waals surface area contributed by atoms with Crippen molar-refractivity contribution >= 4 is 22.9 Å². The van der Waals surface area contributed by atoms with Crippen molar-refractivity contribution in [3.63, 3.8) is 0 Å². The number of methoxy groups -OCH3 is 3. The Morgan fingerprint density at radius 3 is 2.45 bits per heavy atom. The number of nitrogens with zero attached hydrogens (tertiary/aromatic N) is 3. The van der Waals surface area contributed by atoms with E-state index in [1.807, 2.05) is 23.1 Å². The lowest BCUT2D eigenvalue weighted by Crippen LogP contribution is -2.46. The molecule has 2 fully saturated rings. The third-order valence-corrected chi connectivity index (χ3v) is 9.29. The highest BCUT2D eigenvalue weighted by atomic mass is 16.5. The maximum Gasteiger partial charge on any atom is 0.254 e. The summed E-state index contributed by atoms with van der Waals surface area (Å²) in [7, 11) is 4.71. The van der Waals surface area contributed by atoms with Crippen molar-refractivity contribution in [3.05, 3.63) is 77.9 Å². The van der Waals surface area contributed by atoms with E-state index in [9.17, 15) is 4.79 Å². The first-order valence-corrected chi connectivity index (χ1v) is 15.6. The van der Waals surface area contributed by atoms with Crippen LogP contribution in [0.3, 0.4) is 0 Å². The molecule has 2 aliphatic heterocycles. The van der Waals surface area contributed by atoms with E-state index in [4.69, 9.17) is 19.2 Å². The molecule has 3 aromatic carbocycles. The van der Waals surface area contributed by atoms with Gasteiger partial charge in [0.15, 0.2) is 11.5 Å². The highest BCUT2D eigenvalue weighted by Gasteiger charge is 2.41. The minimum Gasteiger partial charge on any atom is -0.493 e. The van der Waals surface area contributed by atoms with Crippen LogP contribution in [0, 0.1) is 5.41 Å². The van der Waals surface area contributed by atoms with Crippen LogP contribution in [0.1, 0.15) is 48.0 Å². The van der Waals surface area contributed by atoms with Gasteiger partial charge in [-0.3, -0.25) is 9.69 Å². The van der Waals surface area contributed by atoms with Gasteiger partial charge in [0.05, 0.1) is 38.5 Å². The Kier molecular flexibility index (Phi) is 8.93. The fourth-order valence-corrected chi connectivity index (χ4v) is 6.94. The van der Waals surface area contributed by atoms with E-state index in [1.165, 1.54) is 18.4 Å². The van der Waals surface area contributed by atoms with Gasteiger partial charge < -0.3 is 29.4 Å².